The molecule has 0 bridgehead atoms. The molecule has 0 fully saturated rings. The molecule has 108 valence electrons. The maximum atomic E-state index is 11.3. The lowest BCUT2D eigenvalue weighted by Crippen LogP contribution is -2.19. The van der Waals surface area contributed by atoms with Crippen LogP contribution in [0.15, 0.2) is 0 Å². The molecule has 6 nitrogen and oxygen atoms in total. The van der Waals surface area contributed by atoms with Crippen LogP contribution in [-0.4, -0.2) is 53.2 Å². The third kappa shape index (κ3) is 13.6. The second-order valence-electron chi connectivity index (χ2n) is 3.98. The summed E-state index contributed by atoms with van der Waals surface area (Å²) in [5.41, 5.74) is 0. The Bertz CT molecular complexity index is 272. The summed E-state index contributed by atoms with van der Waals surface area (Å²) in [4.78, 5) is 22.3. The molecule has 0 heterocycles. The van der Waals surface area contributed by atoms with E-state index in [1.807, 2.05) is 26.2 Å². The molecular formula is C10H20O6Si3. The molecule has 0 aliphatic carbocycles. The van der Waals surface area contributed by atoms with Crippen molar-refractivity contribution in [3.63, 3.8) is 0 Å². The van der Waals surface area contributed by atoms with Crippen LogP contribution in [0.3, 0.4) is 0 Å². The van der Waals surface area contributed by atoms with Gasteiger partial charge >= 0.3 is 12.1 Å². The van der Waals surface area contributed by atoms with Crippen LogP contribution in [0.4, 0.5) is 4.79 Å². The molecule has 0 saturated heterocycles. The number of ether oxygens (including phenoxy) is 2. The Morgan fingerprint density at radius 2 is 1.63 bits per heavy atom. The molecule has 0 N–H and O–H groups in total. The van der Waals surface area contributed by atoms with Crippen LogP contribution in [0, 0.1) is 0 Å². The minimum absolute atomic E-state index is 0.0234. The molecule has 0 aromatic carbocycles. The monoisotopic (exact) mass is 320 g/mol. The van der Waals surface area contributed by atoms with Gasteiger partial charge < -0.3 is 18.0 Å². The number of carbonyl (C=O) groups excluding carboxylic acids is 2. The summed E-state index contributed by atoms with van der Waals surface area (Å²) in [6, 6.07) is 0.676. The summed E-state index contributed by atoms with van der Waals surface area (Å²) in [5, 5.41) is 0. The van der Waals surface area contributed by atoms with Crippen LogP contribution in [0.2, 0.25) is 32.2 Å². The lowest BCUT2D eigenvalue weighted by Gasteiger charge is -2.08. The van der Waals surface area contributed by atoms with Gasteiger partial charge in [0.05, 0.1) is 0 Å². The highest BCUT2D eigenvalue weighted by molar-refractivity contribution is 6.56. The van der Waals surface area contributed by atoms with Crippen LogP contribution < -0.4 is 0 Å². The zero-order chi connectivity index (χ0) is 14.7. The highest BCUT2D eigenvalue weighted by Crippen LogP contribution is 1.96. The highest BCUT2D eigenvalue weighted by atomic mass is 28.3. The van der Waals surface area contributed by atoms with E-state index in [0.29, 0.717) is 22.2 Å². The van der Waals surface area contributed by atoms with Crippen molar-refractivity contribution < 1.29 is 27.6 Å². The second kappa shape index (κ2) is 11.2. The lowest BCUT2D eigenvalue weighted by molar-refractivity contribution is -0.144. The number of carbonyl (C=O) groups is 2. The SMILES string of the molecule is C[Si](C)O[Si]CCC(=O)OCCOC(=O)O[Si](C)C. The largest absolute Gasteiger partial charge is 0.494 e. The molecule has 0 aromatic heterocycles. The van der Waals surface area contributed by atoms with E-state index in [1.54, 1.807) is 0 Å². The summed E-state index contributed by atoms with van der Waals surface area (Å²) in [7, 11) is -1.44. The number of hydrogen-bond donors (Lipinski definition) is 0. The molecular weight excluding hydrogens is 300 g/mol. The van der Waals surface area contributed by atoms with Gasteiger partial charge in [0.15, 0.2) is 9.04 Å². The fourth-order valence-electron chi connectivity index (χ4n) is 0.897. The maximum absolute atomic E-state index is 11.3. The number of esters is 1. The summed E-state index contributed by atoms with van der Waals surface area (Å²) >= 11 is 0. The zero-order valence-electron chi connectivity index (χ0n) is 11.8. The van der Waals surface area contributed by atoms with E-state index in [-0.39, 0.29) is 19.2 Å². The van der Waals surface area contributed by atoms with Crippen LogP contribution >= 0.6 is 0 Å². The third-order valence-corrected chi connectivity index (χ3v) is 4.80. The first-order valence-corrected chi connectivity index (χ1v) is 11.8. The molecule has 9 heteroatoms. The Morgan fingerprint density at radius 1 is 1.00 bits per heavy atom. The van der Waals surface area contributed by atoms with Crippen LogP contribution in [0.25, 0.3) is 0 Å². The Morgan fingerprint density at radius 3 is 2.21 bits per heavy atom. The van der Waals surface area contributed by atoms with Gasteiger partial charge in [-0.2, -0.15) is 0 Å². The first-order valence-electron chi connectivity index (χ1n) is 5.92. The molecule has 0 unspecified atom stereocenters. The topological polar surface area (TPSA) is 71.1 Å². The second-order valence-corrected chi connectivity index (χ2v) is 9.43. The van der Waals surface area contributed by atoms with E-state index >= 15 is 0 Å². The summed E-state index contributed by atoms with van der Waals surface area (Å²) in [6.07, 6.45) is -0.375. The first-order chi connectivity index (χ1) is 8.91. The summed E-state index contributed by atoms with van der Waals surface area (Å²) < 4.78 is 19.9. The van der Waals surface area contributed by atoms with Gasteiger partial charge in [0.25, 0.3) is 9.04 Å². The van der Waals surface area contributed by atoms with E-state index in [0.717, 1.165) is 0 Å². The van der Waals surface area contributed by atoms with Gasteiger partial charge in [0.2, 0.25) is 9.76 Å². The van der Waals surface area contributed by atoms with Gasteiger partial charge in [0, 0.05) is 6.42 Å². The predicted octanol–water partition coefficient (Wildman–Crippen LogP) is 1.63. The highest BCUT2D eigenvalue weighted by Gasteiger charge is 2.09. The van der Waals surface area contributed by atoms with Crippen LogP contribution in [0.5, 0.6) is 0 Å². The standard InChI is InChI=1S/C10H20O6Si3/c1-18(2)15-10(12)14-7-6-13-9(11)5-8-17-16-19(3)4/h5-8H2,1-4H3. The van der Waals surface area contributed by atoms with Crippen molar-refractivity contribution in [3.05, 3.63) is 0 Å². The molecule has 0 saturated carbocycles. The molecule has 0 aliphatic heterocycles. The van der Waals surface area contributed by atoms with Crippen LogP contribution in [0.1, 0.15) is 6.42 Å². The average molecular weight is 321 g/mol. The number of rotatable bonds is 9. The van der Waals surface area contributed by atoms with Crippen LogP contribution in [-0.2, 0) is 22.8 Å². The molecule has 19 heavy (non-hydrogen) atoms. The van der Waals surface area contributed by atoms with Gasteiger partial charge in [0.1, 0.15) is 13.2 Å². The summed E-state index contributed by atoms with van der Waals surface area (Å²) in [5.74, 6) is -0.301. The Balaban J connectivity index is 3.41. The fourth-order valence-corrected chi connectivity index (χ4v) is 3.16. The quantitative estimate of drug-likeness (QED) is 0.365. The molecule has 0 rings (SSSR count). The molecule has 0 aromatic rings. The maximum Gasteiger partial charge on any atom is 0.494 e. The Kier molecular flexibility index (Phi) is 10.8. The van der Waals surface area contributed by atoms with E-state index in [9.17, 15) is 9.59 Å². The Hall–Kier alpha value is -0.649. The van der Waals surface area contributed by atoms with E-state index < -0.39 is 24.2 Å². The van der Waals surface area contributed by atoms with Crippen molar-refractivity contribution in [2.75, 3.05) is 13.2 Å². The minimum Gasteiger partial charge on any atom is -0.488 e. The van der Waals surface area contributed by atoms with E-state index in [2.05, 4.69) is 0 Å². The van der Waals surface area contributed by atoms with E-state index in [1.165, 1.54) is 0 Å². The zero-order valence-corrected chi connectivity index (χ0v) is 14.8. The van der Waals surface area contributed by atoms with Crippen molar-refractivity contribution in [1.82, 2.24) is 0 Å². The van der Waals surface area contributed by atoms with Gasteiger partial charge in [-0.1, -0.05) is 0 Å². The van der Waals surface area contributed by atoms with Crippen molar-refractivity contribution >= 4 is 40.0 Å². The Labute approximate surface area is 120 Å². The van der Waals surface area contributed by atoms with Gasteiger partial charge in [-0.05, 0) is 32.2 Å². The van der Waals surface area contributed by atoms with Crippen molar-refractivity contribution in [3.8, 4) is 0 Å². The van der Waals surface area contributed by atoms with Gasteiger partial charge in [-0.15, -0.1) is 0 Å². The van der Waals surface area contributed by atoms with Crippen molar-refractivity contribution in [2.45, 2.75) is 38.7 Å². The average Bonchev–Trinajstić information content (AvgIpc) is 2.29. The predicted molar refractivity (Wildman–Crippen MR) is 74.6 cm³/mol. The third-order valence-electron chi connectivity index (χ3n) is 1.56. The normalized spacial score (nSPS) is 10.6. The van der Waals surface area contributed by atoms with Gasteiger partial charge in [-0.3, -0.25) is 4.79 Å². The molecule has 0 spiro atoms. The van der Waals surface area contributed by atoms with E-state index in [4.69, 9.17) is 18.0 Å². The molecule has 0 amide bonds. The fraction of sp³-hybridized carbons (Fsp3) is 0.800. The number of hydrogen-bond acceptors (Lipinski definition) is 6. The lowest BCUT2D eigenvalue weighted by atomic mass is 10.5. The molecule has 4 radical (unpaired) electrons. The van der Waals surface area contributed by atoms with Crippen molar-refractivity contribution in [2.24, 2.45) is 0 Å². The molecule has 0 atom stereocenters. The first kappa shape index (κ1) is 18.4. The van der Waals surface area contributed by atoms with Crippen molar-refractivity contribution in [1.29, 1.82) is 0 Å². The summed E-state index contributed by atoms with van der Waals surface area (Å²) in [6.45, 7) is 7.83. The van der Waals surface area contributed by atoms with Gasteiger partial charge in [-0.25, -0.2) is 4.79 Å². The minimum atomic E-state index is -1.10. The smallest absolute Gasteiger partial charge is 0.488 e. The molecule has 0 aliphatic rings.